The lowest BCUT2D eigenvalue weighted by Crippen LogP contribution is -2.21. The van der Waals surface area contributed by atoms with Crippen LogP contribution in [0.1, 0.15) is 27.8 Å². The number of benzene rings is 10. The highest BCUT2D eigenvalue weighted by atomic mass is 15.1. The molecule has 68 heavy (non-hydrogen) atoms. The van der Waals surface area contributed by atoms with Crippen molar-refractivity contribution in [2.45, 2.75) is 0 Å². The van der Waals surface area contributed by atoms with Crippen LogP contribution in [-0.2, 0) is 0 Å². The molecule has 322 valence electrons. The van der Waals surface area contributed by atoms with Crippen molar-refractivity contribution < 1.29 is 0 Å². The van der Waals surface area contributed by atoms with E-state index in [2.05, 4.69) is 229 Å². The van der Waals surface area contributed by atoms with Gasteiger partial charge in [0.15, 0.2) is 0 Å². The maximum atomic E-state index is 9.77. The molecule has 11 rings (SSSR count). The minimum atomic E-state index is 0.458. The zero-order chi connectivity index (χ0) is 45.7. The van der Waals surface area contributed by atoms with E-state index in [4.69, 9.17) is 0 Å². The summed E-state index contributed by atoms with van der Waals surface area (Å²) in [5.41, 5.74) is 20.8. The van der Waals surface area contributed by atoms with Gasteiger partial charge in [0.2, 0.25) is 0 Å². The van der Waals surface area contributed by atoms with E-state index in [-0.39, 0.29) is 0 Å². The lowest BCUT2D eigenvalue weighted by atomic mass is 9.84. The second-order valence-electron chi connectivity index (χ2n) is 17.0. The molecule has 0 atom stereocenters. The van der Waals surface area contributed by atoms with Crippen LogP contribution in [0.25, 0.3) is 67.6 Å². The van der Waals surface area contributed by atoms with Gasteiger partial charge in [-0.15, -0.1) is 0 Å². The molecule has 10 aromatic carbocycles. The first-order chi connectivity index (χ1) is 33.6. The van der Waals surface area contributed by atoms with Crippen LogP contribution in [-0.4, -0.2) is 5.71 Å². The molecule has 2 N–H and O–H groups in total. The molecular weight excluding hydrogens is 823 g/mol. The summed E-state index contributed by atoms with van der Waals surface area (Å²) >= 11 is 0. The van der Waals surface area contributed by atoms with Crippen molar-refractivity contribution in [3.8, 4) is 44.5 Å². The molecule has 0 unspecified atom stereocenters. The summed E-state index contributed by atoms with van der Waals surface area (Å²) in [6.45, 7) is 0. The van der Waals surface area contributed by atoms with Gasteiger partial charge in [-0.05, 0) is 104 Å². The van der Waals surface area contributed by atoms with E-state index in [1.807, 2.05) is 54.6 Å². The Hall–Kier alpha value is -9.05. The third-order valence-corrected chi connectivity index (χ3v) is 12.7. The second kappa shape index (κ2) is 18.8. The van der Waals surface area contributed by atoms with Crippen LogP contribution in [0.3, 0.4) is 0 Å². The van der Waals surface area contributed by atoms with Gasteiger partial charge in [-0.25, -0.2) is 0 Å². The molecule has 0 aromatic heterocycles. The van der Waals surface area contributed by atoms with Crippen molar-refractivity contribution in [3.63, 3.8) is 0 Å². The molecule has 0 bridgehead atoms. The van der Waals surface area contributed by atoms with Crippen LogP contribution < -0.4 is 10.2 Å². The fraction of sp³-hybridized carbons (Fsp3) is 0. The van der Waals surface area contributed by atoms with E-state index in [9.17, 15) is 5.41 Å². The van der Waals surface area contributed by atoms with Crippen molar-refractivity contribution in [1.29, 1.82) is 5.41 Å². The molecule has 0 saturated heterocycles. The zero-order valence-electron chi connectivity index (χ0n) is 37.4. The largest absolute Gasteiger partial charge is 0.354 e. The summed E-state index contributed by atoms with van der Waals surface area (Å²) in [5.74, 6) is 0. The highest BCUT2D eigenvalue weighted by Gasteiger charge is 2.26. The maximum absolute atomic E-state index is 9.77. The van der Waals surface area contributed by atoms with Crippen LogP contribution in [0.4, 0.5) is 17.1 Å². The number of anilines is 3. The first-order valence-electron chi connectivity index (χ1n) is 23.1. The highest BCUT2D eigenvalue weighted by Crippen LogP contribution is 2.42. The quantitative estimate of drug-likeness (QED) is 0.127. The molecule has 0 fully saturated rings. The summed E-state index contributed by atoms with van der Waals surface area (Å²) in [7, 11) is 0. The van der Waals surface area contributed by atoms with Crippen LogP contribution in [0, 0.1) is 5.41 Å². The number of nitrogens with one attached hydrogen (secondary N) is 2. The summed E-state index contributed by atoms with van der Waals surface area (Å²) < 4.78 is 0. The van der Waals surface area contributed by atoms with Gasteiger partial charge in [-0.2, -0.15) is 0 Å². The summed E-state index contributed by atoms with van der Waals surface area (Å²) in [5, 5.41) is 13.6. The standard InChI is InChI=1S/C65H47N3/c66-64(55-25-14-5-15-26-55)63(54-23-12-4-13-24-54)65-62-56(45-61(67-65)53-21-10-3-11-22-53)27-16-28-60(62)52-31-29-48(30-32-52)51-37-43-59(44-38-51)68(57-39-33-49(34-40-57)46-17-6-1-7-18-46)58-41-35-50(36-42-58)47-19-8-2-9-20-47/h1-45,66-67H/b65-63-,66-64?. The molecular formula is C65H47N3. The SMILES string of the molecule is N=C(/C(=C1\NC(c2ccccc2)=Cc2cccc(-c3ccc(-c4ccc(N(c5ccc(-c6ccccc6)cc5)c5ccc(-c6ccccc6)cc5)cc4)cc3)c21)c1ccccc1)c1ccccc1. The number of hydrogen-bond donors (Lipinski definition) is 2. The van der Waals surface area contributed by atoms with Crippen molar-refractivity contribution in [2.75, 3.05) is 4.90 Å². The zero-order valence-corrected chi connectivity index (χ0v) is 37.4. The molecule has 0 saturated carbocycles. The fourth-order valence-electron chi connectivity index (χ4n) is 9.29. The number of nitrogens with zero attached hydrogens (tertiary/aromatic N) is 1. The minimum Gasteiger partial charge on any atom is -0.354 e. The first kappa shape index (κ1) is 41.6. The summed E-state index contributed by atoms with van der Waals surface area (Å²) in [4.78, 5) is 2.33. The van der Waals surface area contributed by atoms with Crippen LogP contribution in [0.2, 0.25) is 0 Å². The Labute approximate surface area is 398 Å². The lowest BCUT2D eigenvalue weighted by Gasteiger charge is -2.28. The molecule has 3 nitrogen and oxygen atoms in total. The normalized spacial score (nSPS) is 12.6. The topological polar surface area (TPSA) is 39.1 Å². The molecule has 0 spiro atoms. The molecule has 3 heteroatoms. The number of fused-ring (bicyclic) bond motifs is 1. The Balaban J connectivity index is 0.961. The first-order valence-corrected chi connectivity index (χ1v) is 23.1. The third kappa shape index (κ3) is 8.49. The average Bonchev–Trinajstić information content (AvgIpc) is 3.42. The van der Waals surface area contributed by atoms with Gasteiger partial charge in [0.1, 0.15) is 0 Å². The Morgan fingerprint density at radius 2 is 0.691 bits per heavy atom. The van der Waals surface area contributed by atoms with Crippen molar-refractivity contribution in [2.24, 2.45) is 0 Å². The molecule has 0 amide bonds. The molecule has 10 aromatic rings. The van der Waals surface area contributed by atoms with Gasteiger partial charge in [0.05, 0.1) is 11.4 Å². The Morgan fingerprint density at radius 3 is 1.15 bits per heavy atom. The third-order valence-electron chi connectivity index (χ3n) is 12.7. The molecule has 1 aliphatic rings. The van der Waals surface area contributed by atoms with Crippen LogP contribution in [0.15, 0.2) is 267 Å². The smallest absolute Gasteiger partial charge is 0.0711 e. The van der Waals surface area contributed by atoms with Gasteiger partial charge in [-0.3, -0.25) is 5.41 Å². The Bertz CT molecular complexity index is 3310. The van der Waals surface area contributed by atoms with E-state index in [0.717, 1.165) is 84.1 Å². The monoisotopic (exact) mass is 869 g/mol. The predicted molar refractivity (Wildman–Crippen MR) is 287 cm³/mol. The number of allylic oxidation sites excluding steroid dienone is 1. The molecule has 0 radical (unpaired) electrons. The fourth-order valence-corrected chi connectivity index (χ4v) is 9.29. The maximum Gasteiger partial charge on any atom is 0.0711 e. The Kier molecular flexibility index (Phi) is 11.5. The van der Waals surface area contributed by atoms with Crippen molar-refractivity contribution in [1.82, 2.24) is 5.32 Å². The molecule has 0 aliphatic carbocycles. The van der Waals surface area contributed by atoms with Crippen LogP contribution in [0.5, 0.6) is 0 Å². The minimum absolute atomic E-state index is 0.458. The second-order valence-corrected chi connectivity index (χ2v) is 17.0. The van der Waals surface area contributed by atoms with E-state index in [1.54, 1.807) is 0 Å². The van der Waals surface area contributed by atoms with Crippen molar-refractivity contribution >= 4 is 45.8 Å². The van der Waals surface area contributed by atoms with E-state index in [0.29, 0.717) is 5.71 Å². The number of hydrogen-bond acceptors (Lipinski definition) is 3. The predicted octanol–water partition coefficient (Wildman–Crippen LogP) is 16.9. The van der Waals surface area contributed by atoms with Gasteiger partial charge in [0.25, 0.3) is 0 Å². The van der Waals surface area contributed by atoms with Gasteiger partial charge < -0.3 is 10.2 Å². The lowest BCUT2D eigenvalue weighted by molar-refractivity contribution is 1.22. The summed E-state index contributed by atoms with van der Waals surface area (Å²) in [6.07, 6.45) is 2.24. The van der Waals surface area contributed by atoms with Gasteiger partial charge >= 0.3 is 0 Å². The van der Waals surface area contributed by atoms with Gasteiger partial charge in [-0.1, -0.05) is 231 Å². The highest BCUT2D eigenvalue weighted by molar-refractivity contribution is 6.36. The average molecular weight is 870 g/mol. The molecule has 1 aliphatic heterocycles. The van der Waals surface area contributed by atoms with E-state index >= 15 is 0 Å². The molecule has 1 heterocycles. The Morgan fingerprint density at radius 1 is 0.324 bits per heavy atom. The summed E-state index contributed by atoms with van der Waals surface area (Å²) in [6, 6.07) is 93.9. The number of rotatable bonds is 11. The van der Waals surface area contributed by atoms with E-state index in [1.165, 1.54) is 22.3 Å². The van der Waals surface area contributed by atoms with E-state index < -0.39 is 0 Å². The van der Waals surface area contributed by atoms with Crippen molar-refractivity contribution in [3.05, 3.63) is 295 Å². The van der Waals surface area contributed by atoms with Gasteiger partial charge in [0, 0.05) is 39.5 Å². The van der Waals surface area contributed by atoms with Crippen LogP contribution >= 0.6 is 0 Å².